The lowest BCUT2D eigenvalue weighted by Gasteiger charge is -2.14. The molecule has 0 radical (unpaired) electrons. The molecule has 0 saturated carbocycles. The number of furan rings is 1. The fourth-order valence-electron chi connectivity index (χ4n) is 2.56. The topological polar surface area (TPSA) is 71.7 Å². The molecular formula is C18H19NO4S. The smallest absolute Gasteiger partial charge is 0.237 e. The molecule has 1 amide bonds. The number of anilines is 1. The number of methoxy groups -OCH3 is 1. The van der Waals surface area contributed by atoms with Gasteiger partial charge in [0, 0.05) is 22.6 Å². The van der Waals surface area contributed by atoms with Crippen molar-refractivity contribution in [2.24, 2.45) is 0 Å². The van der Waals surface area contributed by atoms with Gasteiger partial charge in [-0.3, -0.25) is 4.79 Å². The first-order valence-electron chi connectivity index (χ1n) is 7.66. The van der Waals surface area contributed by atoms with Crippen molar-refractivity contribution in [2.75, 3.05) is 24.8 Å². The second-order valence-electron chi connectivity index (χ2n) is 5.37. The molecule has 0 spiro atoms. The van der Waals surface area contributed by atoms with E-state index in [2.05, 4.69) is 5.32 Å². The molecule has 0 fully saturated rings. The monoisotopic (exact) mass is 345 g/mol. The number of aliphatic hydroxyl groups excluding tert-OH is 1. The lowest BCUT2D eigenvalue weighted by Crippen LogP contribution is -2.23. The number of ether oxygens (including phenoxy) is 1. The number of fused-ring (bicyclic) bond motifs is 3. The zero-order chi connectivity index (χ0) is 17.1. The minimum absolute atomic E-state index is 0.0521. The van der Waals surface area contributed by atoms with Gasteiger partial charge in [0.25, 0.3) is 0 Å². The van der Waals surface area contributed by atoms with E-state index in [1.54, 1.807) is 13.2 Å². The summed E-state index contributed by atoms with van der Waals surface area (Å²) in [6, 6.07) is 11.4. The maximum absolute atomic E-state index is 12.3. The van der Waals surface area contributed by atoms with Crippen LogP contribution in [0.15, 0.2) is 40.8 Å². The molecule has 0 bridgehead atoms. The predicted molar refractivity (Wildman–Crippen MR) is 97.9 cm³/mol. The van der Waals surface area contributed by atoms with Gasteiger partial charge in [0.05, 0.1) is 24.7 Å². The number of hydrogen-bond acceptors (Lipinski definition) is 5. The molecule has 24 heavy (non-hydrogen) atoms. The third kappa shape index (κ3) is 3.20. The van der Waals surface area contributed by atoms with Crippen LogP contribution in [-0.4, -0.2) is 35.7 Å². The van der Waals surface area contributed by atoms with E-state index >= 15 is 0 Å². The summed E-state index contributed by atoms with van der Waals surface area (Å²) in [4.78, 5) is 12.3. The lowest BCUT2D eigenvalue weighted by atomic mass is 10.1. The number of benzene rings is 2. The van der Waals surface area contributed by atoms with Crippen molar-refractivity contribution in [3.8, 4) is 5.75 Å². The first-order valence-corrected chi connectivity index (χ1v) is 8.71. The van der Waals surface area contributed by atoms with Crippen LogP contribution in [-0.2, 0) is 4.79 Å². The molecule has 0 aliphatic rings. The molecule has 6 heteroatoms. The van der Waals surface area contributed by atoms with Crippen LogP contribution in [0.2, 0.25) is 0 Å². The summed E-state index contributed by atoms with van der Waals surface area (Å²) in [6.07, 6.45) is 0. The molecule has 5 nitrogen and oxygen atoms in total. The van der Waals surface area contributed by atoms with Crippen molar-refractivity contribution >= 4 is 45.3 Å². The summed E-state index contributed by atoms with van der Waals surface area (Å²) in [5.41, 5.74) is 2.07. The Morgan fingerprint density at radius 2 is 2.08 bits per heavy atom. The van der Waals surface area contributed by atoms with Gasteiger partial charge in [0.2, 0.25) is 5.91 Å². The number of rotatable bonds is 6. The van der Waals surface area contributed by atoms with Crippen molar-refractivity contribution in [2.45, 2.75) is 12.2 Å². The van der Waals surface area contributed by atoms with Crippen LogP contribution >= 0.6 is 11.8 Å². The Bertz CT molecular complexity index is 874. The normalized spacial score (nSPS) is 12.5. The lowest BCUT2D eigenvalue weighted by molar-refractivity contribution is -0.115. The molecule has 0 aliphatic heterocycles. The number of amides is 1. The Morgan fingerprint density at radius 3 is 2.83 bits per heavy atom. The summed E-state index contributed by atoms with van der Waals surface area (Å²) < 4.78 is 11.3. The third-order valence-corrected chi connectivity index (χ3v) is 4.92. The van der Waals surface area contributed by atoms with Crippen LogP contribution in [0, 0.1) is 0 Å². The maximum Gasteiger partial charge on any atom is 0.237 e. The minimum atomic E-state index is -0.270. The number of nitrogens with one attached hydrogen (secondary N) is 1. The summed E-state index contributed by atoms with van der Waals surface area (Å²) >= 11 is 1.40. The van der Waals surface area contributed by atoms with Gasteiger partial charge in [-0.05, 0) is 19.1 Å². The molecule has 3 aromatic rings. The van der Waals surface area contributed by atoms with Gasteiger partial charge in [-0.15, -0.1) is 11.8 Å². The molecule has 0 aliphatic carbocycles. The predicted octanol–water partition coefficient (Wildman–Crippen LogP) is 3.65. The SMILES string of the molecule is COc1cc2c(cc1NC(=O)[C@@H](C)SCCO)oc1ccccc12. The highest BCUT2D eigenvalue weighted by Gasteiger charge is 2.17. The van der Waals surface area contributed by atoms with Gasteiger partial charge in [0.1, 0.15) is 16.9 Å². The van der Waals surface area contributed by atoms with E-state index < -0.39 is 0 Å². The Morgan fingerprint density at radius 1 is 1.29 bits per heavy atom. The van der Waals surface area contributed by atoms with Crippen molar-refractivity contribution < 1.29 is 19.1 Å². The molecule has 2 aromatic carbocycles. The first kappa shape index (κ1) is 16.7. The van der Waals surface area contributed by atoms with Gasteiger partial charge in [-0.2, -0.15) is 0 Å². The summed E-state index contributed by atoms with van der Waals surface area (Å²) in [5, 5.41) is 13.4. The van der Waals surface area contributed by atoms with Gasteiger partial charge in [-0.25, -0.2) is 0 Å². The Hall–Kier alpha value is -2.18. The van der Waals surface area contributed by atoms with E-state index in [0.717, 1.165) is 16.4 Å². The first-order chi connectivity index (χ1) is 11.6. The van der Waals surface area contributed by atoms with Crippen LogP contribution in [0.3, 0.4) is 0 Å². The van der Waals surface area contributed by atoms with E-state index in [4.69, 9.17) is 14.3 Å². The van der Waals surface area contributed by atoms with Crippen molar-refractivity contribution in [3.05, 3.63) is 36.4 Å². The van der Waals surface area contributed by atoms with Crippen LogP contribution in [0.4, 0.5) is 5.69 Å². The zero-order valence-electron chi connectivity index (χ0n) is 13.5. The average molecular weight is 345 g/mol. The van der Waals surface area contributed by atoms with Gasteiger partial charge < -0.3 is 19.6 Å². The fraction of sp³-hybridized carbons (Fsp3) is 0.278. The van der Waals surface area contributed by atoms with Crippen LogP contribution < -0.4 is 10.1 Å². The van der Waals surface area contributed by atoms with E-state index in [-0.39, 0.29) is 17.8 Å². The molecule has 2 N–H and O–H groups in total. The quantitative estimate of drug-likeness (QED) is 0.713. The van der Waals surface area contributed by atoms with Crippen molar-refractivity contribution in [3.63, 3.8) is 0 Å². The van der Waals surface area contributed by atoms with Crippen LogP contribution in [0.1, 0.15) is 6.92 Å². The molecular weight excluding hydrogens is 326 g/mol. The fourth-order valence-corrected chi connectivity index (χ4v) is 3.23. The molecule has 0 unspecified atom stereocenters. The highest BCUT2D eigenvalue weighted by atomic mass is 32.2. The molecule has 1 atom stereocenters. The largest absolute Gasteiger partial charge is 0.495 e. The second-order valence-corrected chi connectivity index (χ2v) is 6.82. The third-order valence-electron chi connectivity index (χ3n) is 3.79. The van der Waals surface area contributed by atoms with Crippen molar-refractivity contribution in [1.29, 1.82) is 0 Å². The van der Waals surface area contributed by atoms with Crippen LogP contribution in [0.5, 0.6) is 5.75 Å². The zero-order valence-corrected chi connectivity index (χ0v) is 14.4. The number of thioether (sulfide) groups is 1. The molecule has 1 aromatic heterocycles. The average Bonchev–Trinajstić information content (AvgIpc) is 2.96. The Kier molecular flexibility index (Phi) is 4.97. The number of para-hydroxylation sites is 1. The molecule has 1 heterocycles. The number of aliphatic hydroxyl groups is 1. The Labute approximate surface area is 144 Å². The number of carbonyl (C=O) groups excluding carboxylic acids is 1. The van der Waals surface area contributed by atoms with E-state index in [1.165, 1.54) is 11.8 Å². The maximum atomic E-state index is 12.3. The molecule has 126 valence electrons. The van der Waals surface area contributed by atoms with Gasteiger partial charge >= 0.3 is 0 Å². The number of hydrogen-bond donors (Lipinski definition) is 2. The summed E-state index contributed by atoms with van der Waals surface area (Å²) in [7, 11) is 1.57. The van der Waals surface area contributed by atoms with E-state index in [1.807, 2.05) is 37.3 Å². The van der Waals surface area contributed by atoms with Gasteiger partial charge in [0.15, 0.2) is 0 Å². The van der Waals surface area contributed by atoms with Crippen LogP contribution in [0.25, 0.3) is 21.9 Å². The van der Waals surface area contributed by atoms with E-state index in [9.17, 15) is 4.79 Å². The minimum Gasteiger partial charge on any atom is -0.495 e. The highest BCUT2D eigenvalue weighted by molar-refractivity contribution is 8.00. The second kappa shape index (κ2) is 7.15. The molecule has 3 rings (SSSR count). The summed E-state index contributed by atoms with van der Waals surface area (Å²) in [5.74, 6) is 0.970. The summed E-state index contributed by atoms with van der Waals surface area (Å²) in [6.45, 7) is 1.86. The molecule has 0 saturated heterocycles. The highest BCUT2D eigenvalue weighted by Crippen LogP contribution is 2.36. The Balaban J connectivity index is 1.95. The van der Waals surface area contributed by atoms with Crippen molar-refractivity contribution in [1.82, 2.24) is 0 Å². The van der Waals surface area contributed by atoms with Gasteiger partial charge in [-0.1, -0.05) is 18.2 Å². The van der Waals surface area contributed by atoms with E-state index in [0.29, 0.717) is 22.8 Å². The standard InChI is InChI=1S/C18H19NO4S/c1-11(24-8-7-20)18(21)19-14-10-16-13(9-17(14)22-2)12-5-3-4-6-15(12)23-16/h3-6,9-11,20H,7-8H2,1-2H3,(H,19,21)/t11-/m1/s1. The number of carbonyl (C=O) groups is 1.